The molecule has 2 rings (SSSR count). The van der Waals surface area contributed by atoms with E-state index in [2.05, 4.69) is 39.3 Å². The van der Waals surface area contributed by atoms with Crippen molar-refractivity contribution in [2.75, 3.05) is 72.6 Å². The highest BCUT2D eigenvalue weighted by molar-refractivity contribution is 5.79. The molecule has 0 aromatic heterocycles. The molecule has 7 nitrogen and oxygen atoms in total. The first-order valence-corrected chi connectivity index (χ1v) is 9.99. The number of hydrogen-bond donors (Lipinski definition) is 2. The highest BCUT2D eigenvalue weighted by Crippen LogP contribution is 2.16. The first kappa shape index (κ1) is 21.3. The van der Waals surface area contributed by atoms with Crippen molar-refractivity contribution in [3.63, 3.8) is 0 Å². The average Bonchev–Trinajstić information content (AvgIpc) is 2.72. The molecule has 0 aliphatic carbocycles. The van der Waals surface area contributed by atoms with Gasteiger partial charge in [-0.3, -0.25) is 9.89 Å². The lowest BCUT2D eigenvalue weighted by molar-refractivity contribution is 0.140. The van der Waals surface area contributed by atoms with Crippen molar-refractivity contribution in [2.24, 2.45) is 4.99 Å². The van der Waals surface area contributed by atoms with Crippen LogP contribution in [0.25, 0.3) is 0 Å². The lowest BCUT2D eigenvalue weighted by atomic mass is 10.3. The highest BCUT2D eigenvalue weighted by atomic mass is 16.5. The zero-order chi connectivity index (χ0) is 19.3. The molecule has 0 saturated carbocycles. The van der Waals surface area contributed by atoms with Crippen LogP contribution in [-0.4, -0.2) is 88.4 Å². The number of methoxy groups -OCH3 is 1. The van der Waals surface area contributed by atoms with E-state index in [0.717, 1.165) is 56.7 Å². The number of guanidine groups is 1. The Labute approximate surface area is 163 Å². The fourth-order valence-electron chi connectivity index (χ4n) is 2.98. The number of nitrogens with one attached hydrogen (secondary N) is 2. The maximum Gasteiger partial charge on any atom is 0.191 e. The van der Waals surface area contributed by atoms with Gasteiger partial charge in [0.15, 0.2) is 5.96 Å². The summed E-state index contributed by atoms with van der Waals surface area (Å²) in [5, 5.41) is 6.62. The van der Waals surface area contributed by atoms with E-state index in [1.54, 1.807) is 7.11 Å². The number of rotatable bonds is 10. The Morgan fingerprint density at radius 1 is 1.00 bits per heavy atom. The molecule has 1 saturated heterocycles. The van der Waals surface area contributed by atoms with Crippen LogP contribution >= 0.6 is 0 Å². The van der Waals surface area contributed by atoms with E-state index in [-0.39, 0.29) is 0 Å². The summed E-state index contributed by atoms with van der Waals surface area (Å²) in [6, 6.07) is 7.62. The van der Waals surface area contributed by atoms with E-state index in [0.29, 0.717) is 13.2 Å². The smallest absolute Gasteiger partial charge is 0.191 e. The molecule has 27 heavy (non-hydrogen) atoms. The van der Waals surface area contributed by atoms with Crippen LogP contribution in [0.2, 0.25) is 0 Å². The third-order valence-corrected chi connectivity index (χ3v) is 4.67. The summed E-state index contributed by atoms with van der Waals surface area (Å²) < 4.78 is 10.9. The number of aliphatic imine (C=N–C) groups is 1. The fourth-order valence-corrected chi connectivity index (χ4v) is 2.98. The van der Waals surface area contributed by atoms with Crippen LogP contribution in [-0.2, 0) is 0 Å². The van der Waals surface area contributed by atoms with Gasteiger partial charge in [-0.25, -0.2) is 0 Å². The minimum absolute atomic E-state index is 0.579. The number of ether oxygens (including phenoxy) is 2. The molecule has 0 atom stereocenters. The van der Waals surface area contributed by atoms with Gasteiger partial charge in [-0.05, 0) is 37.7 Å². The van der Waals surface area contributed by atoms with Crippen LogP contribution in [0.15, 0.2) is 29.3 Å². The summed E-state index contributed by atoms with van der Waals surface area (Å²) in [5.41, 5.74) is 0. The van der Waals surface area contributed by atoms with Crippen molar-refractivity contribution in [3.8, 4) is 11.5 Å². The largest absolute Gasteiger partial charge is 0.497 e. The Kier molecular flexibility index (Phi) is 9.79. The van der Waals surface area contributed by atoms with Gasteiger partial charge < -0.3 is 25.0 Å². The minimum Gasteiger partial charge on any atom is -0.497 e. The van der Waals surface area contributed by atoms with Crippen LogP contribution in [0, 0.1) is 0 Å². The third kappa shape index (κ3) is 8.05. The highest BCUT2D eigenvalue weighted by Gasteiger charge is 2.14. The molecule has 1 aromatic carbocycles. The van der Waals surface area contributed by atoms with Gasteiger partial charge >= 0.3 is 0 Å². The minimum atomic E-state index is 0.579. The Hall–Kier alpha value is -1.99. The summed E-state index contributed by atoms with van der Waals surface area (Å²) in [6.07, 6.45) is 0. The first-order chi connectivity index (χ1) is 13.2. The molecular formula is C20H35N5O2. The Bertz CT molecular complexity index is 542. The number of piperazine rings is 1. The second-order valence-electron chi connectivity index (χ2n) is 6.49. The van der Waals surface area contributed by atoms with Crippen LogP contribution in [0.1, 0.15) is 13.8 Å². The number of hydrogen-bond acceptors (Lipinski definition) is 5. The second-order valence-corrected chi connectivity index (χ2v) is 6.49. The number of nitrogens with zero attached hydrogens (tertiary/aromatic N) is 3. The SMILES string of the molecule is CCNC(=NCCN1CCN(CC)CC1)NCCOc1ccc(OC)cc1. The van der Waals surface area contributed by atoms with Crippen LogP contribution in [0.3, 0.4) is 0 Å². The van der Waals surface area contributed by atoms with Crippen LogP contribution in [0.4, 0.5) is 0 Å². The average molecular weight is 378 g/mol. The van der Waals surface area contributed by atoms with E-state index in [9.17, 15) is 0 Å². The standard InChI is InChI=1S/C20H35N5O2/c1-4-21-20(22-10-12-25-15-13-24(5-2)14-16-25)23-11-17-27-19-8-6-18(26-3)7-9-19/h6-9H,4-5,10-17H2,1-3H3,(H2,21,22,23). The van der Waals surface area contributed by atoms with Crippen molar-refractivity contribution < 1.29 is 9.47 Å². The molecule has 152 valence electrons. The normalized spacial score (nSPS) is 16.2. The first-order valence-electron chi connectivity index (χ1n) is 9.99. The molecule has 0 amide bonds. The zero-order valence-corrected chi connectivity index (χ0v) is 17.0. The molecule has 1 aromatic rings. The van der Waals surface area contributed by atoms with E-state index in [1.807, 2.05) is 24.3 Å². The van der Waals surface area contributed by atoms with Gasteiger partial charge in [-0.15, -0.1) is 0 Å². The topological polar surface area (TPSA) is 61.4 Å². The number of likely N-dealkylation sites (N-methyl/N-ethyl adjacent to an activating group) is 1. The summed E-state index contributed by atoms with van der Waals surface area (Å²) >= 11 is 0. The van der Waals surface area contributed by atoms with Gasteiger partial charge in [-0.2, -0.15) is 0 Å². The lowest BCUT2D eigenvalue weighted by Gasteiger charge is -2.33. The molecule has 2 N–H and O–H groups in total. The fraction of sp³-hybridized carbons (Fsp3) is 0.650. The Morgan fingerprint density at radius 3 is 2.30 bits per heavy atom. The molecule has 0 spiro atoms. The van der Waals surface area contributed by atoms with Crippen molar-refractivity contribution in [1.29, 1.82) is 0 Å². The summed E-state index contributed by atoms with van der Waals surface area (Å²) in [6.45, 7) is 14.0. The van der Waals surface area contributed by atoms with Gasteiger partial charge in [0.1, 0.15) is 18.1 Å². The molecule has 1 fully saturated rings. The van der Waals surface area contributed by atoms with Gasteiger partial charge in [-0.1, -0.05) is 6.92 Å². The van der Waals surface area contributed by atoms with Crippen LogP contribution < -0.4 is 20.1 Å². The lowest BCUT2D eigenvalue weighted by Crippen LogP contribution is -2.47. The van der Waals surface area contributed by atoms with E-state index < -0.39 is 0 Å². The predicted molar refractivity (Wildman–Crippen MR) is 111 cm³/mol. The molecule has 1 aliphatic rings. The van der Waals surface area contributed by atoms with Crippen molar-refractivity contribution in [3.05, 3.63) is 24.3 Å². The Morgan fingerprint density at radius 2 is 1.67 bits per heavy atom. The zero-order valence-electron chi connectivity index (χ0n) is 17.0. The quantitative estimate of drug-likeness (QED) is 0.364. The number of benzene rings is 1. The molecule has 0 unspecified atom stereocenters. The molecule has 7 heteroatoms. The molecule has 1 aliphatic heterocycles. The molecule has 1 heterocycles. The van der Waals surface area contributed by atoms with Crippen molar-refractivity contribution >= 4 is 5.96 Å². The van der Waals surface area contributed by atoms with E-state index >= 15 is 0 Å². The Balaban J connectivity index is 1.65. The summed E-state index contributed by atoms with van der Waals surface area (Å²) in [4.78, 5) is 9.67. The monoisotopic (exact) mass is 377 g/mol. The van der Waals surface area contributed by atoms with E-state index in [4.69, 9.17) is 9.47 Å². The maximum atomic E-state index is 5.74. The van der Waals surface area contributed by atoms with Crippen LogP contribution in [0.5, 0.6) is 11.5 Å². The van der Waals surface area contributed by atoms with Gasteiger partial charge in [0.25, 0.3) is 0 Å². The van der Waals surface area contributed by atoms with Gasteiger partial charge in [0, 0.05) is 39.3 Å². The summed E-state index contributed by atoms with van der Waals surface area (Å²) in [5.74, 6) is 2.52. The maximum absolute atomic E-state index is 5.74. The summed E-state index contributed by atoms with van der Waals surface area (Å²) in [7, 11) is 1.66. The van der Waals surface area contributed by atoms with Crippen molar-refractivity contribution in [2.45, 2.75) is 13.8 Å². The molecule has 0 radical (unpaired) electrons. The second kappa shape index (κ2) is 12.4. The van der Waals surface area contributed by atoms with E-state index in [1.165, 1.54) is 13.1 Å². The third-order valence-electron chi connectivity index (χ3n) is 4.67. The van der Waals surface area contributed by atoms with Crippen molar-refractivity contribution in [1.82, 2.24) is 20.4 Å². The predicted octanol–water partition coefficient (Wildman–Crippen LogP) is 1.27. The molecular weight excluding hydrogens is 342 g/mol. The van der Waals surface area contributed by atoms with Gasteiger partial charge in [0.2, 0.25) is 0 Å². The molecule has 0 bridgehead atoms. The van der Waals surface area contributed by atoms with Gasteiger partial charge in [0.05, 0.1) is 20.2 Å².